The molecule has 1 saturated heterocycles. The molecule has 1 heterocycles. The maximum Gasteiger partial charge on any atom is 0.404 e. The van der Waals surface area contributed by atoms with Gasteiger partial charge in [0.25, 0.3) is 0 Å². The van der Waals surface area contributed by atoms with Gasteiger partial charge in [0.2, 0.25) is 0 Å². The van der Waals surface area contributed by atoms with E-state index < -0.39 is 22.0 Å². The van der Waals surface area contributed by atoms with E-state index in [2.05, 4.69) is 10.5 Å². The minimum atomic E-state index is -2.91. The quantitative estimate of drug-likeness (QED) is 0.533. The smallest absolute Gasteiger partial charge is 0.404 e. The molecule has 1 aliphatic heterocycles. The number of carbonyl (C=O) groups is 1. The van der Waals surface area contributed by atoms with Crippen LogP contribution in [-0.4, -0.2) is 32.1 Å². The van der Waals surface area contributed by atoms with E-state index in [1.807, 2.05) is 0 Å². The number of rotatable bonds is 1. The number of hydrogen-bond acceptors (Lipinski definition) is 4. The van der Waals surface area contributed by atoms with Crippen LogP contribution in [0.5, 0.6) is 0 Å². The second-order valence-corrected chi connectivity index (χ2v) is 4.29. The summed E-state index contributed by atoms with van der Waals surface area (Å²) in [5, 5.41) is 0. The van der Waals surface area contributed by atoms with Crippen molar-refractivity contribution in [3.63, 3.8) is 0 Å². The first-order chi connectivity index (χ1) is 4.49. The Hall–Kier alpha value is -0.780. The third kappa shape index (κ3) is 1.60. The second-order valence-electron chi connectivity index (χ2n) is 2.14. The highest BCUT2D eigenvalue weighted by atomic mass is 32.2. The zero-order valence-corrected chi connectivity index (χ0v) is 5.93. The lowest BCUT2D eigenvalue weighted by Gasteiger charge is -2.24. The van der Waals surface area contributed by atoms with Crippen molar-refractivity contribution in [2.45, 2.75) is 6.10 Å². The van der Waals surface area contributed by atoms with Crippen molar-refractivity contribution >= 4 is 15.9 Å². The summed E-state index contributed by atoms with van der Waals surface area (Å²) in [6.07, 6.45) is -1.43. The van der Waals surface area contributed by atoms with E-state index in [-0.39, 0.29) is 11.5 Å². The van der Waals surface area contributed by atoms with Crippen LogP contribution in [-0.2, 0) is 14.6 Å². The fraction of sp³-hybridized carbons (Fsp3) is 0.750. The van der Waals surface area contributed by atoms with E-state index in [9.17, 15) is 13.2 Å². The first kappa shape index (κ1) is 7.33. The van der Waals surface area contributed by atoms with E-state index in [0.29, 0.717) is 0 Å². The van der Waals surface area contributed by atoms with Crippen molar-refractivity contribution in [3.05, 3.63) is 0 Å². The monoisotopic (exact) mass is 165 g/mol. The van der Waals surface area contributed by atoms with Gasteiger partial charge in [-0.25, -0.2) is 13.2 Å². The average molecular weight is 165 g/mol. The highest BCUT2D eigenvalue weighted by Crippen LogP contribution is 2.13. The Bertz CT molecular complexity index is 232. The summed E-state index contributed by atoms with van der Waals surface area (Å²) in [5.41, 5.74) is 4.64. The molecule has 0 radical (unpaired) electrons. The number of ether oxygens (including phenoxy) is 1. The molecule has 0 spiro atoms. The largest absolute Gasteiger partial charge is 0.444 e. The molecule has 0 bridgehead atoms. The molecule has 1 rings (SSSR count). The molecule has 1 amide bonds. The van der Waals surface area contributed by atoms with Crippen molar-refractivity contribution in [3.8, 4) is 0 Å². The van der Waals surface area contributed by atoms with Crippen molar-refractivity contribution in [2.24, 2.45) is 5.73 Å². The van der Waals surface area contributed by atoms with Gasteiger partial charge < -0.3 is 10.5 Å². The van der Waals surface area contributed by atoms with Crippen LogP contribution in [0.4, 0.5) is 4.79 Å². The molecule has 0 atom stereocenters. The van der Waals surface area contributed by atoms with Gasteiger partial charge >= 0.3 is 6.09 Å². The molecule has 0 unspecified atom stereocenters. The molecule has 10 heavy (non-hydrogen) atoms. The van der Waals surface area contributed by atoms with Gasteiger partial charge in [-0.3, -0.25) is 0 Å². The number of hydrogen-bond donors (Lipinski definition) is 1. The van der Waals surface area contributed by atoms with Gasteiger partial charge in [-0.2, -0.15) is 0 Å². The lowest BCUT2D eigenvalue weighted by Crippen LogP contribution is -2.45. The SMILES string of the molecule is NC(=O)OC1CS(=O)(=O)C1. The average Bonchev–Trinajstić information content (AvgIpc) is 1.57. The van der Waals surface area contributed by atoms with Crippen LogP contribution in [0.1, 0.15) is 0 Å². The van der Waals surface area contributed by atoms with E-state index in [0.717, 1.165) is 0 Å². The molecule has 0 aromatic carbocycles. The minimum absolute atomic E-state index is 0.0874. The van der Waals surface area contributed by atoms with Crippen LogP contribution in [0.3, 0.4) is 0 Å². The highest BCUT2D eigenvalue weighted by molar-refractivity contribution is 7.92. The normalized spacial score (nSPS) is 23.2. The summed E-state index contributed by atoms with van der Waals surface area (Å²) in [7, 11) is -2.91. The number of amides is 1. The fourth-order valence-corrected chi connectivity index (χ4v) is 1.92. The van der Waals surface area contributed by atoms with E-state index in [1.54, 1.807) is 0 Å². The maximum absolute atomic E-state index is 10.4. The van der Waals surface area contributed by atoms with Crippen LogP contribution in [0.2, 0.25) is 0 Å². The molecule has 6 heteroatoms. The van der Waals surface area contributed by atoms with E-state index in [1.165, 1.54) is 0 Å². The number of primary amides is 1. The lowest BCUT2D eigenvalue weighted by atomic mass is 10.4. The van der Waals surface area contributed by atoms with Gasteiger partial charge in [-0.1, -0.05) is 0 Å². The number of sulfone groups is 1. The number of nitrogens with two attached hydrogens (primary N) is 1. The van der Waals surface area contributed by atoms with Crippen molar-refractivity contribution in [1.82, 2.24) is 0 Å². The standard InChI is InChI=1S/C4H7NO4S/c5-4(6)9-3-1-10(7,8)2-3/h3H,1-2H2,(H2,5,6). The van der Waals surface area contributed by atoms with Gasteiger partial charge in [-0.15, -0.1) is 0 Å². The Labute approximate surface area is 58.1 Å². The van der Waals surface area contributed by atoms with Crippen molar-refractivity contribution < 1.29 is 17.9 Å². The molecule has 0 saturated carbocycles. The molecule has 0 aliphatic carbocycles. The van der Waals surface area contributed by atoms with E-state index in [4.69, 9.17) is 0 Å². The second kappa shape index (κ2) is 2.12. The Morgan fingerprint density at radius 1 is 1.50 bits per heavy atom. The van der Waals surface area contributed by atoms with Crippen molar-refractivity contribution in [2.75, 3.05) is 11.5 Å². The maximum atomic E-state index is 10.4. The first-order valence-corrected chi connectivity index (χ1v) is 4.48. The van der Waals surface area contributed by atoms with Gasteiger partial charge in [0.15, 0.2) is 9.84 Å². The summed E-state index contributed by atoms with van der Waals surface area (Å²) in [4.78, 5) is 10.0. The summed E-state index contributed by atoms with van der Waals surface area (Å²) in [6.45, 7) is 0. The summed E-state index contributed by atoms with van der Waals surface area (Å²) in [5.74, 6) is -0.175. The Kier molecular flexibility index (Phi) is 1.55. The zero-order valence-electron chi connectivity index (χ0n) is 5.11. The fourth-order valence-electron chi connectivity index (χ4n) is 0.750. The molecule has 1 fully saturated rings. The van der Waals surface area contributed by atoms with Crippen LogP contribution in [0.25, 0.3) is 0 Å². The predicted octanol–water partition coefficient (Wildman–Crippen LogP) is -1.12. The van der Waals surface area contributed by atoms with E-state index >= 15 is 0 Å². The molecule has 0 aromatic heterocycles. The van der Waals surface area contributed by atoms with Crippen LogP contribution in [0, 0.1) is 0 Å². The third-order valence-corrected chi connectivity index (χ3v) is 2.92. The van der Waals surface area contributed by atoms with Gasteiger partial charge in [-0.05, 0) is 0 Å². The minimum Gasteiger partial charge on any atom is -0.444 e. The van der Waals surface area contributed by atoms with Crippen LogP contribution >= 0.6 is 0 Å². The summed E-state index contributed by atoms with van der Waals surface area (Å²) in [6, 6.07) is 0. The molecule has 5 nitrogen and oxygen atoms in total. The Morgan fingerprint density at radius 2 is 2.00 bits per heavy atom. The topological polar surface area (TPSA) is 86.5 Å². The Morgan fingerprint density at radius 3 is 2.30 bits per heavy atom. The molecular weight excluding hydrogens is 158 g/mol. The highest BCUT2D eigenvalue weighted by Gasteiger charge is 2.35. The summed E-state index contributed by atoms with van der Waals surface area (Å²) >= 11 is 0. The van der Waals surface area contributed by atoms with Gasteiger partial charge in [0.05, 0.1) is 11.5 Å². The Balaban J connectivity index is 2.34. The molecule has 58 valence electrons. The molecule has 2 N–H and O–H groups in total. The predicted molar refractivity (Wildman–Crippen MR) is 33.1 cm³/mol. The van der Waals surface area contributed by atoms with Crippen molar-refractivity contribution in [1.29, 1.82) is 0 Å². The zero-order chi connectivity index (χ0) is 7.78. The molecule has 1 aliphatic rings. The summed E-state index contributed by atoms with van der Waals surface area (Å²) < 4.78 is 25.3. The van der Waals surface area contributed by atoms with Crippen LogP contribution in [0.15, 0.2) is 0 Å². The molecular formula is C4H7NO4S. The first-order valence-electron chi connectivity index (χ1n) is 2.66. The van der Waals surface area contributed by atoms with Gasteiger partial charge in [0.1, 0.15) is 6.10 Å². The van der Waals surface area contributed by atoms with Gasteiger partial charge in [0, 0.05) is 0 Å². The lowest BCUT2D eigenvalue weighted by molar-refractivity contribution is 0.121. The molecule has 0 aromatic rings. The number of carbonyl (C=O) groups excluding carboxylic acids is 1. The third-order valence-electron chi connectivity index (χ3n) is 1.16. The van der Waals surface area contributed by atoms with Crippen LogP contribution < -0.4 is 5.73 Å².